The van der Waals surface area contributed by atoms with Gasteiger partial charge < -0.3 is 4.74 Å². The van der Waals surface area contributed by atoms with E-state index in [1.807, 2.05) is 0 Å². The maximum Gasteiger partial charge on any atom is 0.163 e. The van der Waals surface area contributed by atoms with E-state index in [9.17, 15) is 13.6 Å². The van der Waals surface area contributed by atoms with Gasteiger partial charge in [-0.15, -0.1) is 0 Å². The highest BCUT2D eigenvalue weighted by molar-refractivity contribution is 5.95. The molecule has 2 aromatic rings. The number of rotatable bonds is 6. The molecule has 0 fully saturated rings. The lowest BCUT2D eigenvalue weighted by Gasteiger charge is -2.08. The Morgan fingerprint density at radius 3 is 2.38 bits per heavy atom. The van der Waals surface area contributed by atoms with E-state index in [0.29, 0.717) is 30.8 Å². The van der Waals surface area contributed by atoms with E-state index < -0.39 is 0 Å². The molecule has 2 nitrogen and oxygen atoms in total. The molecule has 0 aliphatic carbocycles. The second-order valence-corrected chi connectivity index (χ2v) is 4.79. The Balaban J connectivity index is 1.79. The number of aryl methyl sites for hydroxylation is 1. The van der Waals surface area contributed by atoms with Gasteiger partial charge >= 0.3 is 0 Å². The highest BCUT2D eigenvalue weighted by Gasteiger charge is 2.06. The normalized spacial score (nSPS) is 10.4. The fourth-order valence-electron chi connectivity index (χ4n) is 1.97. The summed E-state index contributed by atoms with van der Waals surface area (Å²) in [5.74, 6) is -0.0898. The van der Waals surface area contributed by atoms with Crippen molar-refractivity contribution >= 4 is 5.78 Å². The average molecular weight is 290 g/mol. The van der Waals surface area contributed by atoms with Crippen LogP contribution in [0.1, 0.15) is 28.8 Å². The summed E-state index contributed by atoms with van der Waals surface area (Å²) in [7, 11) is 0. The van der Waals surface area contributed by atoms with Crippen LogP contribution in [0.5, 0.6) is 5.75 Å². The minimum Gasteiger partial charge on any atom is -0.493 e. The van der Waals surface area contributed by atoms with Crippen molar-refractivity contribution in [1.82, 2.24) is 0 Å². The number of ketones is 1. The van der Waals surface area contributed by atoms with E-state index in [-0.39, 0.29) is 17.4 Å². The molecule has 110 valence electrons. The van der Waals surface area contributed by atoms with Crippen LogP contribution < -0.4 is 4.74 Å². The van der Waals surface area contributed by atoms with Crippen LogP contribution in [0.4, 0.5) is 8.78 Å². The fraction of sp³-hybridized carbons (Fsp3) is 0.235. The highest BCUT2D eigenvalue weighted by atomic mass is 19.1. The molecule has 2 rings (SSSR count). The smallest absolute Gasteiger partial charge is 0.163 e. The van der Waals surface area contributed by atoms with E-state index in [2.05, 4.69) is 0 Å². The maximum atomic E-state index is 12.9. The topological polar surface area (TPSA) is 26.3 Å². The third-order valence-electron chi connectivity index (χ3n) is 3.11. The van der Waals surface area contributed by atoms with Crippen molar-refractivity contribution in [1.29, 1.82) is 0 Å². The number of hydrogen-bond donors (Lipinski definition) is 0. The summed E-state index contributed by atoms with van der Waals surface area (Å²) in [6.45, 7) is 2.14. The first-order chi connectivity index (χ1) is 10.1. The van der Waals surface area contributed by atoms with Crippen molar-refractivity contribution in [2.45, 2.75) is 19.8 Å². The second-order valence-electron chi connectivity index (χ2n) is 4.79. The predicted molar refractivity (Wildman–Crippen MR) is 76.6 cm³/mol. The number of halogens is 2. The number of carbonyl (C=O) groups excluding carboxylic acids is 1. The average Bonchev–Trinajstić information content (AvgIpc) is 2.46. The van der Waals surface area contributed by atoms with Crippen molar-refractivity contribution in [3.05, 3.63) is 65.2 Å². The van der Waals surface area contributed by atoms with Gasteiger partial charge in [-0.3, -0.25) is 4.79 Å². The lowest BCUT2D eigenvalue weighted by molar-refractivity contribution is 0.0973. The molecule has 0 N–H and O–H groups in total. The number of Topliss-reactive ketones (excluding diaryl/α,β-unsaturated/α-hetero) is 1. The van der Waals surface area contributed by atoms with Gasteiger partial charge in [0.15, 0.2) is 5.78 Å². The van der Waals surface area contributed by atoms with Crippen LogP contribution in [0.25, 0.3) is 0 Å². The first-order valence-corrected chi connectivity index (χ1v) is 6.74. The van der Waals surface area contributed by atoms with Gasteiger partial charge in [0.1, 0.15) is 17.4 Å². The molecule has 0 amide bonds. The second kappa shape index (κ2) is 6.97. The third-order valence-corrected chi connectivity index (χ3v) is 3.11. The van der Waals surface area contributed by atoms with Crippen molar-refractivity contribution in [2.75, 3.05) is 6.61 Å². The summed E-state index contributed by atoms with van der Waals surface area (Å²) in [6, 6.07) is 9.81. The van der Waals surface area contributed by atoms with Gasteiger partial charge in [-0.1, -0.05) is 0 Å². The largest absolute Gasteiger partial charge is 0.493 e. The molecule has 0 radical (unpaired) electrons. The number of carbonyl (C=O) groups is 1. The van der Waals surface area contributed by atoms with Gasteiger partial charge in [0.2, 0.25) is 0 Å². The molecule has 0 aliphatic rings. The molecule has 0 unspecified atom stereocenters. The van der Waals surface area contributed by atoms with Gasteiger partial charge in [-0.25, -0.2) is 8.78 Å². The molecule has 4 heteroatoms. The van der Waals surface area contributed by atoms with E-state index in [4.69, 9.17) is 4.74 Å². The van der Waals surface area contributed by atoms with E-state index >= 15 is 0 Å². The lowest BCUT2D eigenvalue weighted by atomic mass is 10.1. The van der Waals surface area contributed by atoms with E-state index in [1.54, 1.807) is 13.0 Å². The highest BCUT2D eigenvalue weighted by Crippen LogP contribution is 2.18. The summed E-state index contributed by atoms with van der Waals surface area (Å²) in [5, 5.41) is 0. The van der Waals surface area contributed by atoms with Crippen LogP contribution in [0.2, 0.25) is 0 Å². The summed E-state index contributed by atoms with van der Waals surface area (Å²) in [5.41, 5.74) is 1.22. The fourth-order valence-corrected chi connectivity index (χ4v) is 1.97. The summed E-state index contributed by atoms with van der Waals surface area (Å²) in [6.07, 6.45) is 0.874. The zero-order valence-electron chi connectivity index (χ0n) is 11.7. The number of benzene rings is 2. The molecule has 0 aliphatic heterocycles. The minimum absolute atomic E-state index is 0.0468. The SMILES string of the molecule is Cc1cc(F)ccc1OCCCC(=O)c1ccc(F)cc1. The van der Waals surface area contributed by atoms with Crippen LogP contribution in [0.15, 0.2) is 42.5 Å². The summed E-state index contributed by atoms with van der Waals surface area (Å²) < 4.78 is 31.2. The minimum atomic E-state index is -0.360. The Hall–Kier alpha value is -2.23. The Labute approximate surface area is 122 Å². The van der Waals surface area contributed by atoms with Crippen molar-refractivity contribution in [3.8, 4) is 5.75 Å². The van der Waals surface area contributed by atoms with Gasteiger partial charge in [-0.05, 0) is 61.4 Å². The van der Waals surface area contributed by atoms with Crippen LogP contribution in [-0.4, -0.2) is 12.4 Å². The standard InChI is InChI=1S/C17H16F2O2/c1-12-11-15(19)8-9-17(12)21-10-2-3-16(20)13-4-6-14(18)7-5-13/h4-9,11H,2-3,10H2,1H3. The first-order valence-electron chi connectivity index (χ1n) is 6.74. The van der Waals surface area contributed by atoms with Gasteiger partial charge in [0.05, 0.1) is 6.61 Å². The Morgan fingerprint density at radius 2 is 1.71 bits per heavy atom. The van der Waals surface area contributed by atoms with Crippen molar-refractivity contribution in [2.24, 2.45) is 0 Å². The molecule has 2 aromatic carbocycles. The van der Waals surface area contributed by atoms with Gasteiger partial charge in [0.25, 0.3) is 0 Å². The zero-order chi connectivity index (χ0) is 15.2. The molecule has 0 saturated carbocycles. The van der Waals surface area contributed by atoms with Crippen molar-refractivity contribution < 1.29 is 18.3 Å². The molecular formula is C17H16F2O2. The Bertz CT molecular complexity index is 621. The predicted octanol–water partition coefficient (Wildman–Crippen LogP) is 4.32. The first kappa shape index (κ1) is 15.2. The van der Waals surface area contributed by atoms with Crippen LogP contribution in [0, 0.1) is 18.6 Å². The molecule has 0 bridgehead atoms. The van der Waals surface area contributed by atoms with Crippen LogP contribution in [-0.2, 0) is 0 Å². The van der Waals surface area contributed by atoms with Crippen LogP contribution in [0.3, 0.4) is 0 Å². The van der Waals surface area contributed by atoms with E-state index in [1.165, 1.54) is 36.4 Å². The van der Waals surface area contributed by atoms with Crippen LogP contribution >= 0.6 is 0 Å². The van der Waals surface area contributed by atoms with Gasteiger partial charge in [-0.2, -0.15) is 0 Å². The number of hydrogen-bond acceptors (Lipinski definition) is 2. The quantitative estimate of drug-likeness (QED) is 0.585. The van der Waals surface area contributed by atoms with Crippen molar-refractivity contribution in [3.63, 3.8) is 0 Å². The maximum absolute atomic E-state index is 12.9. The molecule has 0 spiro atoms. The molecule has 0 atom stereocenters. The monoisotopic (exact) mass is 290 g/mol. The Kier molecular flexibility index (Phi) is 5.04. The summed E-state index contributed by atoms with van der Waals surface area (Å²) >= 11 is 0. The molecular weight excluding hydrogens is 274 g/mol. The Morgan fingerprint density at radius 1 is 1.05 bits per heavy atom. The molecule has 21 heavy (non-hydrogen) atoms. The molecule has 0 aromatic heterocycles. The zero-order valence-corrected chi connectivity index (χ0v) is 11.7. The molecule has 0 saturated heterocycles. The third kappa shape index (κ3) is 4.38. The van der Waals surface area contributed by atoms with Gasteiger partial charge in [0, 0.05) is 12.0 Å². The number of ether oxygens (including phenoxy) is 1. The summed E-state index contributed by atoms with van der Waals surface area (Å²) in [4.78, 5) is 11.9. The molecule has 0 heterocycles. The van der Waals surface area contributed by atoms with E-state index in [0.717, 1.165) is 5.56 Å². The lowest BCUT2D eigenvalue weighted by Crippen LogP contribution is -2.04.